The van der Waals surface area contributed by atoms with Crippen LogP contribution in [0.4, 0.5) is 14.5 Å². The Balaban J connectivity index is 1.56. The van der Waals surface area contributed by atoms with E-state index in [0.717, 1.165) is 5.56 Å². The topological polar surface area (TPSA) is 79.8 Å². The predicted molar refractivity (Wildman–Crippen MR) is 110 cm³/mol. The maximum absolute atomic E-state index is 12.8. The number of H-pyrrole nitrogens is 1. The highest BCUT2D eigenvalue weighted by molar-refractivity contribution is 6.31. The monoisotopic (exact) mass is 428 g/mol. The summed E-state index contributed by atoms with van der Waals surface area (Å²) in [7, 11) is 0. The van der Waals surface area contributed by atoms with Crippen molar-refractivity contribution in [1.82, 2.24) is 14.5 Å². The van der Waals surface area contributed by atoms with Crippen molar-refractivity contribution in [2.24, 2.45) is 0 Å². The van der Waals surface area contributed by atoms with Crippen molar-refractivity contribution in [3.05, 3.63) is 93.1 Å². The van der Waals surface area contributed by atoms with Crippen molar-refractivity contribution in [3.63, 3.8) is 0 Å². The van der Waals surface area contributed by atoms with Gasteiger partial charge in [-0.1, -0.05) is 29.8 Å². The van der Waals surface area contributed by atoms with Gasteiger partial charge < -0.3 is 14.9 Å². The number of nitrogens with one attached hydrogen (secondary N) is 2. The third kappa shape index (κ3) is 4.08. The molecule has 6 nitrogen and oxygen atoms in total. The Labute approximate surface area is 174 Å². The van der Waals surface area contributed by atoms with Crippen LogP contribution >= 0.6 is 11.6 Å². The van der Waals surface area contributed by atoms with Gasteiger partial charge in [-0.3, -0.25) is 9.59 Å². The number of aromatic amines is 1. The number of halogens is 3. The fourth-order valence-corrected chi connectivity index (χ4v) is 3.21. The summed E-state index contributed by atoms with van der Waals surface area (Å²) in [6, 6.07) is 14.4. The Morgan fingerprint density at radius 3 is 2.73 bits per heavy atom. The average Bonchev–Trinajstić information content (AvgIpc) is 3.16. The van der Waals surface area contributed by atoms with Gasteiger partial charge in [0.05, 0.1) is 23.3 Å². The maximum atomic E-state index is 12.8. The molecule has 0 aliphatic heterocycles. The van der Waals surface area contributed by atoms with Crippen LogP contribution in [-0.2, 0) is 6.54 Å². The number of carbonyl (C=O) groups excluding carboxylic acids is 1. The molecule has 4 rings (SSSR count). The van der Waals surface area contributed by atoms with Crippen LogP contribution in [-0.4, -0.2) is 20.4 Å². The van der Waals surface area contributed by atoms with Crippen molar-refractivity contribution < 1.29 is 13.6 Å². The molecule has 0 saturated carbocycles. The first-order valence-corrected chi connectivity index (χ1v) is 9.31. The zero-order valence-electron chi connectivity index (χ0n) is 15.4. The molecule has 2 aromatic heterocycles. The second-order valence-corrected chi connectivity index (χ2v) is 6.99. The molecule has 0 unspecified atom stereocenters. The Morgan fingerprint density at radius 2 is 1.97 bits per heavy atom. The minimum atomic E-state index is -2.73. The summed E-state index contributed by atoms with van der Waals surface area (Å²) in [5.74, 6) is -0.901. The molecular weight excluding hydrogens is 414 g/mol. The van der Waals surface area contributed by atoms with Crippen LogP contribution in [0.25, 0.3) is 11.0 Å². The van der Waals surface area contributed by atoms with E-state index in [0.29, 0.717) is 21.7 Å². The molecule has 0 fully saturated rings. The molecule has 0 atom stereocenters. The number of nitrogens with zero attached hydrogens (tertiary/aromatic N) is 2. The van der Waals surface area contributed by atoms with Gasteiger partial charge in [0.15, 0.2) is 5.82 Å². The van der Waals surface area contributed by atoms with Crippen LogP contribution in [0.2, 0.25) is 5.02 Å². The summed E-state index contributed by atoms with van der Waals surface area (Å²) in [6.07, 6.45) is -1.21. The summed E-state index contributed by atoms with van der Waals surface area (Å²) in [5.41, 5.74) is 1.87. The Hall–Kier alpha value is -3.52. The van der Waals surface area contributed by atoms with E-state index in [4.69, 9.17) is 11.6 Å². The molecule has 4 aromatic rings. The number of aromatic nitrogens is 3. The molecule has 2 aromatic carbocycles. The van der Waals surface area contributed by atoms with Gasteiger partial charge in [-0.15, -0.1) is 0 Å². The first-order chi connectivity index (χ1) is 14.4. The highest BCUT2D eigenvalue weighted by Crippen LogP contribution is 2.21. The van der Waals surface area contributed by atoms with Crippen LogP contribution in [0.5, 0.6) is 0 Å². The normalized spacial score (nSPS) is 11.2. The van der Waals surface area contributed by atoms with E-state index in [9.17, 15) is 18.4 Å². The van der Waals surface area contributed by atoms with Crippen molar-refractivity contribution in [3.8, 4) is 0 Å². The minimum Gasteiger partial charge on any atom is -0.337 e. The number of anilines is 1. The lowest BCUT2D eigenvalue weighted by Gasteiger charge is -2.11. The van der Waals surface area contributed by atoms with Crippen LogP contribution < -0.4 is 10.9 Å². The molecule has 0 aliphatic carbocycles. The smallest absolute Gasteiger partial charge is 0.295 e. The molecule has 0 saturated heterocycles. The second kappa shape index (κ2) is 8.08. The number of alkyl halides is 2. The summed E-state index contributed by atoms with van der Waals surface area (Å²) in [6.45, 7) is 0.249. The number of benzene rings is 2. The van der Waals surface area contributed by atoms with Crippen molar-refractivity contribution in [2.75, 3.05) is 5.32 Å². The predicted octanol–water partition coefficient (Wildman–Crippen LogP) is 4.62. The van der Waals surface area contributed by atoms with Crippen molar-refractivity contribution in [2.45, 2.75) is 13.0 Å². The molecule has 0 aliphatic rings. The van der Waals surface area contributed by atoms with E-state index < -0.39 is 18.2 Å². The lowest BCUT2D eigenvalue weighted by atomic mass is 10.2. The Kier molecular flexibility index (Phi) is 5.33. The number of hydrogen-bond acceptors (Lipinski definition) is 3. The maximum Gasteiger partial charge on any atom is 0.295 e. The van der Waals surface area contributed by atoms with Crippen LogP contribution in [0.1, 0.15) is 28.2 Å². The molecule has 0 spiro atoms. The first kappa shape index (κ1) is 19.8. The largest absolute Gasteiger partial charge is 0.337 e. The van der Waals surface area contributed by atoms with Gasteiger partial charge >= 0.3 is 0 Å². The second-order valence-electron chi connectivity index (χ2n) is 6.58. The standard InChI is InChI=1S/C21H15ClF2N4O2/c22-15-4-2-1-3-13(15)10-28-11-14(6-8-18(28)29)25-21(30)12-5-7-16-17(9-12)27-20(26-16)19(23)24/h1-9,11,19H,10H2,(H,25,30)(H,26,27). The summed E-state index contributed by atoms with van der Waals surface area (Å²) in [4.78, 5) is 31.1. The number of carbonyl (C=O) groups is 1. The molecule has 2 N–H and O–H groups in total. The lowest BCUT2D eigenvalue weighted by molar-refractivity contribution is 0.102. The molecule has 9 heteroatoms. The minimum absolute atomic E-state index is 0.244. The molecular formula is C21H15ClF2N4O2. The third-order valence-corrected chi connectivity index (χ3v) is 4.88. The molecule has 0 radical (unpaired) electrons. The number of fused-ring (bicyclic) bond motifs is 1. The van der Waals surface area contributed by atoms with Crippen LogP contribution in [0.15, 0.2) is 65.6 Å². The van der Waals surface area contributed by atoms with Crippen molar-refractivity contribution in [1.29, 1.82) is 0 Å². The fourth-order valence-electron chi connectivity index (χ4n) is 3.02. The summed E-state index contributed by atoms with van der Waals surface area (Å²) >= 11 is 6.16. The quantitative estimate of drug-likeness (QED) is 0.487. The van der Waals surface area contributed by atoms with Gasteiger partial charge in [-0.2, -0.15) is 0 Å². The molecule has 152 valence electrons. The van der Waals surface area contributed by atoms with Gasteiger partial charge in [-0.25, -0.2) is 13.8 Å². The van der Waals surface area contributed by atoms with E-state index in [2.05, 4.69) is 15.3 Å². The highest BCUT2D eigenvalue weighted by Gasteiger charge is 2.14. The summed E-state index contributed by atoms with van der Waals surface area (Å²) in [5, 5.41) is 3.24. The molecule has 1 amide bonds. The lowest BCUT2D eigenvalue weighted by Crippen LogP contribution is -2.21. The van der Waals surface area contributed by atoms with Gasteiger partial charge in [0, 0.05) is 22.8 Å². The van der Waals surface area contributed by atoms with E-state index >= 15 is 0 Å². The van der Waals surface area contributed by atoms with E-state index in [-0.39, 0.29) is 17.7 Å². The zero-order valence-corrected chi connectivity index (χ0v) is 16.2. The van der Waals surface area contributed by atoms with E-state index in [1.807, 2.05) is 12.1 Å². The van der Waals surface area contributed by atoms with Crippen LogP contribution in [0, 0.1) is 0 Å². The van der Waals surface area contributed by atoms with Gasteiger partial charge in [-0.05, 0) is 35.9 Å². The zero-order chi connectivity index (χ0) is 21.3. The molecule has 0 bridgehead atoms. The van der Waals surface area contributed by atoms with E-state index in [1.54, 1.807) is 12.1 Å². The number of rotatable bonds is 5. The van der Waals surface area contributed by atoms with E-state index in [1.165, 1.54) is 41.1 Å². The van der Waals surface area contributed by atoms with Crippen LogP contribution in [0.3, 0.4) is 0 Å². The van der Waals surface area contributed by atoms with Crippen molar-refractivity contribution >= 4 is 34.2 Å². The van der Waals surface area contributed by atoms with Gasteiger partial charge in [0.25, 0.3) is 17.9 Å². The number of imidazole rings is 1. The number of amides is 1. The van der Waals surface area contributed by atoms with Gasteiger partial charge in [0.1, 0.15) is 0 Å². The highest BCUT2D eigenvalue weighted by atomic mass is 35.5. The SMILES string of the molecule is O=C(Nc1ccc(=O)n(Cc2ccccc2Cl)c1)c1ccc2nc(C(F)F)[nH]c2c1. The Bertz CT molecular complexity index is 1300. The number of pyridine rings is 1. The third-order valence-electron chi connectivity index (χ3n) is 4.51. The Morgan fingerprint density at radius 1 is 1.17 bits per heavy atom. The number of hydrogen-bond donors (Lipinski definition) is 2. The average molecular weight is 429 g/mol. The van der Waals surface area contributed by atoms with Gasteiger partial charge in [0.2, 0.25) is 0 Å². The fraction of sp³-hybridized carbons (Fsp3) is 0.0952. The summed E-state index contributed by atoms with van der Waals surface area (Å²) < 4.78 is 27.0. The molecule has 30 heavy (non-hydrogen) atoms. The first-order valence-electron chi connectivity index (χ1n) is 8.94. The molecule has 2 heterocycles.